The van der Waals surface area contributed by atoms with Gasteiger partial charge in [-0.2, -0.15) is 0 Å². The van der Waals surface area contributed by atoms with Gasteiger partial charge in [-0.05, 0) is 241 Å². The second-order valence-corrected chi connectivity index (χ2v) is 27.1. The fourth-order valence-electron chi connectivity index (χ4n) is 15.2. The molecule has 1 aliphatic rings. The fraction of sp³-hybridized carbons (Fsp3) is 0.131. The molecule has 0 saturated heterocycles. The van der Waals surface area contributed by atoms with E-state index in [9.17, 15) is 0 Å². The van der Waals surface area contributed by atoms with E-state index in [-0.39, 0.29) is 0 Å². The zero-order valence-corrected chi connectivity index (χ0v) is 60.0. The van der Waals surface area contributed by atoms with E-state index in [0.29, 0.717) is 0 Å². The molecule has 18 aromatic rings. The van der Waals surface area contributed by atoms with Crippen LogP contribution in [0.5, 0.6) is 0 Å². The van der Waals surface area contributed by atoms with Crippen LogP contribution in [0.1, 0.15) is 74.5 Å². The third-order valence-electron chi connectivity index (χ3n) is 20.6. The Labute approximate surface area is 601 Å². The lowest BCUT2D eigenvalue weighted by molar-refractivity contribution is 0.669. The van der Waals surface area contributed by atoms with Crippen LogP contribution in [0, 0.1) is 48.5 Å². The normalized spacial score (nSPS) is 11.5. The standard InChI is InChI=1S/C27H20.C19H15N.C16H17N.C14H14.C13H10O.C10H12/c1-19-22(26-17-6-11-20-9-2-4-13-24(20)26)15-8-16-23(19)27-18-7-12-21-10-3-5-14-25(21)27;1-14-8-7-13-18-19(14)16-11-5-6-12-17(16)20(18)15-9-3-2-4-10-15;1-4-17-15-8-6-5-7-13(15)14-9-11(2)12(3)10-16(14)17;1-12-7-5-6-10-14(12)11-13-8-3-2-4-9-13;1-9-5-4-8-12-13(9)10-6-2-3-7-11(10)14-12;1-8-4-2-5-9-6-3-7-10(8)9/h2-18H,1H3;2-13H,1H3;5-10H,4H2,1-3H3;2-10H,11H2,1H3;2-8H,1H3;2,4-5H,3,6-7H2,1H3. The number of nitrogens with zero attached hydrogens (tertiary/aromatic N) is 2. The molecule has 500 valence electrons. The maximum atomic E-state index is 5.73. The molecular formula is C99H88N2O. The van der Waals surface area contributed by atoms with Gasteiger partial charge in [-0.3, -0.25) is 0 Å². The summed E-state index contributed by atoms with van der Waals surface area (Å²) in [6, 6.07) is 116. The van der Waals surface area contributed by atoms with Gasteiger partial charge in [-0.15, -0.1) is 0 Å². The van der Waals surface area contributed by atoms with E-state index in [1.54, 1.807) is 11.1 Å². The van der Waals surface area contributed by atoms with Gasteiger partial charge in [0.1, 0.15) is 11.2 Å². The lowest BCUT2D eigenvalue weighted by Crippen LogP contribution is -1.93. The number of aromatic nitrogens is 2. The Balaban J connectivity index is 0.000000107. The molecule has 3 heteroatoms. The van der Waals surface area contributed by atoms with Gasteiger partial charge >= 0.3 is 0 Å². The van der Waals surface area contributed by atoms with E-state index in [2.05, 4.69) is 362 Å². The number of benzene rings is 15. The Bertz CT molecular complexity index is 5850. The predicted octanol–water partition coefficient (Wildman–Crippen LogP) is 27.1. The average molecular weight is 1320 g/mol. The highest BCUT2D eigenvalue weighted by Crippen LogP contribution is 2.39. The monoisotopic (exact) mass is 1320 g/mol. The maximum absolute atomic E-state index is 5.73. The van der Waals surface area contributed by atoms with Crippen LogP contribution in [-0.2, 0) is 25.8 Å². The second-order valence-electron chi connectivity index (χ2n) is 27.1. The van der Waals surface area contributed by atoms with Gasteiger partial charge in [0.2, 0.25) is 0 Å². The molecular weight excluding hydrogens is 1230 g/mol. The lowest BCUT2D eigenvalue weighted by Gasteiger charge is -2.15. The lowest BCUT2D eigenvalue weighted by atomic mass is 9.89. The molecule has 102 heavy (non-hydrogen) atoms. The van der Waals surface area contributed by atoms with Crippen molar-refractivity contribution in [2.75, 3.05) is 0 Å². The van der Waals surface area contributed by atoms with Crippen molar-refractivity contribution in [3.63, 3.8) is 0 Å². The molecule has 3 heterocycles. The molecule has 3 aromatic heterocycles. The highest BCUT2D eigenvalue weighted by molar-refractivity contribution is 6.11. The SMILES string of the molecule is CCn1c2ccccc2c2cc(C)c(C)cc21.Cc1c(-c2cccc3ccccc23)cccc1-c1cccc2ccccc12.Cc1cccc2c1CCC2.Cc1cccc2c1c1ccccc1n2-c1ccccc1.Cc1cccc2oc3ccccc3c12.Cc1ccccc1Cc1ccccc1. The zero-order valence-electron chi connectivity index (χ0n) is 60.0. The van der Waals surface area contributed by atoms with Crippen molar-refractivity contribution >= 4 is 87.1 Å². The van der Waals surface area contributed by atoms with Crippen LogP contribution >= 0.6 is 0 Å². The average Bonchev–Trinajstić information content (AvgIpc) is 1.58. The summed E-state index contributed by atoms with van der Waals surface area (Å²) in [6.07, 6.45) is 5.01. The summed E-state index contributed by atoms with van der Waals surface area (Å²) >= 11 is 0. The third-order valence-corrected chi connectivity index (χ3v) is 20.6. The van der Waals surface area contributed by atoms with Crippen molar-refractivity contribution in [1.82, 2.24) is 9.13 Å². The van der Waals surface area contributed by atoms with Crippen LogP contribution in [0.25, 0.3) is 115 Å². The van der Waals surface area contributed by atoms with Gasteiger partial charge in [0.05, 0.1) is 11.0 Å². The minimum Gasteiger partial charge on any atom is -0.456 e. The number of hydrogen-bond donors (Lipinski definition) is 0. The minimum absolute atomic E-state index is 0.969. The van der Waals surface area contributed by atoms with E-state index in [0.717, 1.165) is 24.1 Å². The first-order valence-corrected chi connectivity index (χ1v) is 36.1. The number of fused-ring (bicyclic) bond motifs is 12. The van der Waals surface area contributed by atoms with Crippen LogP contribution in [-0.4, -0.2) is 9.13 Å². The molecule has 0 radical (unpaired) electrons. The summed E-state index contributed by atoms with van der Waals surface area (Å²) in [5.41, 5.74) is 29.1. The van der Waals surface area contributed by atoms with Gasteiger partial charge in [-0.25, -0.2) is 0 Å². The van der Waals surface area contributed by atoms with Crippen molar-refractivity contribution in [2.24, 2.45) is 0 Å². The third kappa shape index (κ3) is 14.1. The molecule has 19 rings (SSSR count). The van der Waals surface area contributed by atoms with Crippen molar-refractivity contribution in [1.29, 1.82) is 0 Å². The molecule has 0 amide bonds. The van der Waals surface area contributed by atoms with Crippen LogP contribution < -0.4 is 0 Å². The summed E-state index contributed by atoms with van der Waals surface area (Å²) < 4.78 is 10.5. The zero-order chi connectivity index (χ0) is 70.1. The molecule has 0 fully saturated rings. The Morgan fingerprint density at radius 3 is 1.47 bits per heavy atom. The highest BCUT2D eigenvalue weighted by Gasteiger charge is 2.17. The molecule has 0 saturated carbocycles. The van der Waals surface area contributed by atoms with E-state index in [4.69, 9.17) is 4.42 Å². The second kappa shape index (κ2) is 30.8. The summed E-state index contributed by atoms with van der Waals surface area (Å²) in [5.74, 6) is 0. The van der Waals surface area contributed by atoms with Gasteiger partial charge < -0.3 is 13.6 Å². The Morgan fingerprint density at radius 2 is 0.794 bits per heavy atom. The first-order valence-electron chi connectivity index (χ1n) is 36.1. The molecule has 0 N–H and O–H groups in total. The van der Waals surface area contributed by atoms with Crippen LogP contribution in [0.4, 0.5) is 0 Å². The number of furan rings is 1. The van der Waals surface area contributed by atoms with E-state index in [1.165, 1.54) is 173 Å². The summed E-state index contributed by atoms with van der Waals surface area (Å²) in [7, 11) is 0. The summed E-state index contributed by atoms with van der Waals surface area (Å²) in [6.45, 7) is 18.5. The minimum atomic E-state index is 0.969. The Kier molecular flexibility index (Phi) is 20.3. The van der Waals surface area contributed by atoms with E-state index >= 15 is 0 Å². The van der Waals surface area contributed by atoms with Crippen LogP contribution in [0.3, 0.4) is 0 Å². The van der Waals surface area contributed by atoms with Gasteiger partial charge in [0.15, 0.2) is 0 Å². The quantitative estimate of drug-likeness (QED) is 0.163. The molecule has 3 nitrogen and oxygen atoms in total. The smallest absolute Gasteiger partial charge is 0.135 e. The van der Waals surface area contributed by atoms with Crippen molar-refractivity contribution < 1.29 is 4.42 Å². The number of para-hydroxylation sites is 4. The van der Waals surface area contributed by atoms with Gasteiger partial charge in [-0.1, -0.05) is 273 Å². The Morgan fingerprint density at radius 1 is 0.314 bits per heavy atom. The number of aryl methyl sites for hydroxylation is 8. The highest BCUT2D eigenvalue weighted by atomic mass is 16.3. The first-order chi connectivity index (χ1) is 50.0. The topological polar surface area (TPSA) is 23.0 Å². The van der Waals surface area contributed by atoms with Crippen molar-refractivity contribution in [2.45, 2.75) is 87.6 Å². The number of rotatable bonds is 6. The first kappa shape index (κ1) is 67.4. The maximum Gasteiger partial charge on any atom is 0.135 e. The Hall–Kier alpha value is -11.8. The fourth-order valence-corrected chi connectivity index (χ4v) is 15.2. The predicted molar refractivity (Wildman–Crippen MR) is 439 cm³/mol. The molecule has 0 unspecified atom stereocenters. The van der Waals surface area contributed by atoms with E-state index < -0.39 is 0 Å². The van der Waals surface area contributed by atoms with Crippen LogP contribution in [0.2, 0.25) is 0 Å². The van der Waals surface area contributed by atoms with Crippen molar-refractivity contribution in [3.8, 4) is 27.9 Å². The summed E-state index contributed by atoms with van der Waals surface area (Å²) in [5, 5.41) is 13.0. The van der Waals surface area contributed by atoms with E-state index in [1.807, 2.05) is 30.3 Å². The molecule has 0 bridgehead atoms. The molecule has 15 aromatic carbocycles. The summed E-state index contributed by atoms with van der Waals surface area (Å²) in [4.78, 5) is 0. The number of hydrogen-bond acceptors (Lipinski definition) is 1. The molecule has 0 aliphatic heterocycles. The van der Waals surface area contributed by atoms with Gasteiger partial charge in [0.25, 0.3) is 0 Å². The van der Waals surface area contributed by atoms with Gasteiger partial charge in [0, 0.05) is 55.6 Å². The molecule has 0 atom stereocenters. The largest absolute Gasteiger partial charge is 0.456 e. The van der Waals surface area contributed by atoms with Crippen LogP contribution in [0.15, 0.2) is 332 Å². The molecule has 1 aliphatic carbocycles. The van der Waals surface area contributed by atoms with Crippen molar-refractivity contribution in [3.05, 3.63) is 389 Å². The molecule has 0 spiro atoms.